The van der Waals surface area contributed by atoms with Crippen LogP contribution < -0.4 is 0 Å². The van der Waals surface area contributed by atoms with Crippen LogP contribution in [0, 0.1) is 0 Å². The van der Waals surface area contributed by atoms with Crippen molar-refractivity contribution in [2.75, 3.05) is 13.2 Å². The monoisotopic (exact) mass is 336 g/mol. The predicted molar refractivity (Wildman–Crippen MR) is 75.9 cm³/mol. The van der Waals surface area contributed by atoms with Crippen LogP contribution in [0.3, 0.4) is 0 Å². The Kier molecular flexibility index (Phi) is 7.08. The van der Waals surface area contributed by atoms with Crippen molar-refractivity contribution in [3.63, 3.8) is 0 Å². The number of carbonyl (C=O) groups excluding carboxylic acids is 1. The Morgan fingerprint density at radius 2 is 1.96 bits per heavy atom. The highest BCUT2D eigenvalue weighted by atomic mass is 16.7. The molecule has 0 aromatic rings. The zero-order chi connectivity index (χ0) is 17.8. The molecule has 0 aromatic heterocycles. The minimum Gasteiger partial charge on any atom is -0.433 e. The summed E-state index contributed by atoms with van der Waals surface area (Å²) in [4.78, 5) is 11.9. The van der Waals surface area contributed by atoms with Crippen LogP contribution in [0.15, 0.2) is 11.6 Å². The molecule has 1 aliphatic heterocycles. The van der Waals surface area contributed by atoms with Gasteiger partial charge in [0.15, 0.2) is 6.29 Å². The van der Waals surface area contributed by atoms with Crippen molar-refractivity contribution in [2.45, 2.75) is 57.3 Å². The van der Waals surface area contributed by atoms with Gasteiger partial charge in [-0.3, -0.25) is 0 Å². The van der Waals surface area contributed by atoms with E-state index in [0.29, 0.717) is 6.61 Å². The van der Waals surface area contributed by atoms with Crippen molar-refractivity contribution in [1.82, 2.24) is 0 Å². The van der Waals surface area contributed by atoms with Gasteiger partial charge in [0.05, 0.1) is 6.61 Å². The summed E-state index contributed by atoms with van der Waals surface area (Å²) in [6.45, 7) is 4.18. The van der Waals surface area contributed by atoms with Crippen molar-refractivity contribution in [3.8, 4) is 0 Å². The number of hydrogen-bond acceptors (Lipinski definition) is 9. The van der Waals surface area contributed by atoms with Crippen LogP contribution in [-0.4, -0.2) is 81.2 Å². The Morgan fingerprint density at radius 3 is 2.48 bits per heavy atom. The van der Waals surface area contributed by atoms with Gasteiger partial charge in [-0.15, -0.1) is 0 Å². The van der Waals surface area contributed by atoms with Crippen molar-refractivity contribution >= 4 is 5.97 Å². The second kappa shape index (κ2) is 8.15. The third-order valence-electron chi connectivity index (χ3n) is 3.42. The summed E-state index contributed by atoms with van der Waals surface area (Å²) >= 11 is 0. The molecular formula is C14H24O9. The summed E-state index contributed by atoms with van der Waals surface area (Å²) in [5, 5.41) is 48.7. The Balaban J connectivity index is 2.91. The van der Waals surface area contributed by atoms with Crippen LogP contribution >= 0.6 is 0 Å². The molecular weight excluding hydrogens is 312 g/mol. The topological polar surface area (TPSA) is 146 Å². The molecule has 0 saturated carbocycles. The minimum absolute atomic E-state index is 0.113. The summed E-state index contributed by atoms with van der Waals surface area (Å²) in [5.41, 5.74) is -0.113. The molecule has 1 heterocycles. The first-order chi connectivity index (χ1) is 10.7. The van der Waals surface area contributed by atoms with Gasteiger partial charge in [-0.05, 0) is 26.8 Å². The quantitative estimate of drug-likeness (QED) is 0.211. The van der Waals surface area contributed by atoms with E-state index in [9.17, 15) is 25.2 Å². The Morgan fingerprint density at radius 1 is 1.35 bits per heavy atom. The van der Waals surface area contributed by atoms with Gasteiger partial charge in [0.25, 0.3) is 0 Å². The van der Waals surface area contributed by atoms with Gasteiger partial charge in [-0.1, -0.05) is 0 Å². The maximum atomic E-state index is 11.9. The van der Waals surface area contributed by atoms with Crippen LogP contribution in [0.25, 0.3) is 0 Å². The number of ether oxygens (including phenoxy) is 3. The Hall–Kier alpha value is -1.07. The third kappa shape index (κ3) is 4.70. The zero-order valence-electron chi connectivity index (χ0n) is 13.2. The average Bonchev–Trinajstić information content (AvgIpc) is 2.49. The predicted octanol–water partition coefficient (Wildman–Crippen LogP) is -1.98. The normalized spacial score (nSPS) is 36.6. The van der Waals surface area contributed by atoms with E-state index in [0.717, 1.165) is 6.08 Å². The molecule has 1 aliphatic rings. The number of esters is 1. The molecule has 0 spiro atoms. The van der Waals surface area contributed by atoms with Crippen molar-refractivity contribution in [2.24, 2.45) is 0 Å². The van der Waals surface area contributed by atoms with Crippen LogP contribution in [0.1, 0.15) is 20.8 Å². The maximum Gasteiger partial charge on any atom is 0.335 e. The van der Waals surface area contributed by atoms with Gasteiger partial charge >= 0.3 is 5.97 Å². The summed E-state index contributed by atoms with van der Waals surface area (Å²) < 4.78 is 15.0. The van der Waals surface area contributed by atoms with Crippen LogP contribution in [-0.2, 0) is 19.0 Å². The molecule has 0 aliphatic carbocycles. The first-order valence-corrected chi connectivity index (χ1v) is 7.23. The summed E-state index contributed by atoms with van der Waals surface area (Å²) in [6, 6.07) is 0. The van der Waals surface area contributed by atoms with E-state index in [1.807, 2.05) is 0 Å². The van der Waals surface area contributed by atoms with E-state index in [-0.39, 0.29) is 5.57 Å². The smallest absolute Gasteiger partial charge is 0.335 e. The van der Waals surface area contributed by atoms with Gasteiger partial charge in [-0.25, -0.2) is 4.79 Å². The summed E-state index contributed by atoms with van der Waals surface area (Å²) in [5.74, 6) is -3.29. The summed E-state index contributed by atoms with van der Waals surface area (Å²) in [6.07, 6.45) is -6.56. The molecule has 1 saturated heterocycles. The number of aliphatic hydroxyl groups is 5. The molecule has 1 unspecified atom stereocenters. The van der Waals surface area contributed by atoms with Gasteiger partial charge in [0.1, 0.15) is 24.4 Å². The highest BCUT2D eigenvalue weighted by molar-refractivity contribution is 5.88. The van der Waals surface area contributed by atoms with Gasteiger partial charge in [0, 0.05) is 12.2 Å². The highest BCUT2D eigenvalue weighted by Gasteiger charge is 2.51. The van der Waals surface area contributed by atoms with E-state index in [1.165, 1.54) is 13.8 Å². The fourth-order valence-corrected chi connectivity index (χ4v) is 2.18. The van der Waals surface area contributed by atoms with Gasteiger partial charge < -0.3 is 39.7 Å². The average molecular weight is 336 g/mol. The molecule has 5 N–H and O–H groups in total. The van der Waals surface area contributed by atoms with Crippen molar-refractivity contribution in [1.29, 1.82) is 0 Å². The fourth-order valence-electron chi connectivity index (χ4n) is 2.18. The van der Waals surface area contributed by atoms with E-state index in [2.05, 4.69) is 0 Å². The standard InChI is InChI=1S/C14H24O9/c1-4-21-8(3)22-13(19)7(2)5-14(20)12(18)11(17)10(16)9(6-15)23-14/h5,8-12,15-18,20H,4,6H2,1-3H3/b7-5+/t8?,9-,10+,11+,12-,14-/m1/s1. The molecule has 1 rings (SSSR count). The Bertz CT molecular complexity index is 436. The lowest BCUT2D eigenvalue weighted by Crippen LogP contribution is -2.64. The summed E-state index contributed by atoms with van der Waals surface area (Å²) in [7, 11) is 0. The first kappa shape index (κ1) is 20.0. The molecule has 9 nitrogen and oxygen atoms in total. The van der Waals surface area contributed by atoms with Crippen LogP contribution in [0.5, 0.6) is 0 Å². The van der Waals surface area contributed by atoms with Crippen molar-refractivity contribution in [3.05, 3.63) is 11.6 Å². The molecule has 0 amide bonds. The van der Waals surface area contributed by atoms with Crippen LogP contribution in [0.2, 0.25) is 0 Å². The van der Waals surface area contributed by atoms with Gasteiger partial charge in [-0.2, -0.15) is 0 Å². The second-order valence-electron chi connectivity index (χ2n) is 5.27. The largest absolute Gasteiger partial charge is 0.433 e. The number of hydrogen-bond donors (Lipinski definition) is 5. The second-order valence-corrected chi connectivity index (χ2v) is 5.27. The molecule has 1 fully saturated rings. The van der Waals surface area contributed by atoms with E-state index in [1.54, 1.807) is 6.92 Å². The highest BCUT2D eigenvalue weighted by Crippen LogP contribution is 2.30. The third-order valence-corrected chi connectivity index (χ3v) is 3.42. The van der Waals surface area contributed by atoms with Crippen LogP contribution in [0.4, 0.5) is 0 Å². The number of aliphatic hydroxyl groups excluding tert-OH is 4. The lowest BCUT2D eigenvalue weighted by atomic mass is 9.91. The lowest BCUT2D eigenvalue weighted by Gasteiger charge is -2.44. The molecule has 6 atom stereocenters. The van der Waals surface area contributed by atoms with E-state index >= 15 is 0 Å². The number of rotatable bonds is 6. The van der Waals surface area contributed by atoms with E-state index < -0.39 is 49.1 Å². The molecule has 134 valence electrons. The molecule has 23 heavy (non-hydrogen) atoms. The van der Waals surface area contributed by atoms with Crippen molar-refractivity contribution < 1.29 is 44.5 Å². The molecule has 0 bridgehead atoms. The minimum atomic E-state index is -2.47. The number of carbonyl (C=O) groups is 1. The fraction of sp³-hybridized carbons (Fsp3) is 0.786. The SMILES string of the molecule is CCOC(C)OC(=O)/C(C)=C/[C@@]1(O)O[C@H](CO)[C@H](O)[C@H](O)[C@H]1O. The van der Waals surface area contributed by atoms with E-state index in [4.69, 9.17) is 19.3 Å². The first-order valence-electron chi connectivity index (χ1n) is 7.23. The molecule has 0 aromatic carbocycles. The Labute approximate surface area is 133 Å². The zero-order valence-corrected chi connectivity index (χ0v) is 13.2. The lowest BCUT2D eigenvalue weighted by molar-refractivity contribution is -0.327. The molecule has 0 radical (unpaired) electrons. The van der Waals surface area contributed by atoms with Gasteiger partial charge in [0.2, 0.25) is 5.79 Å². The maximum absolute atomic E-state index is 11.9. The molecule has 9 heteroatoms.